The lowest BCUT2D eigenvalue weighted by atomic mass is 10.0. The normalized spacial score (nSPS) is 14.0. The first-order chi connectivity index (χ1) is 11.1. The molecule has 5 heteroatoms. The summed E-state index contributed by atoms with van der Waals surface area (Å²) in [5.74, 6) is -0.293. The molecule has 0 saturated heterocycles. The van der Waals surface area contributed by atoms with Crippen molar-refractivity contribution in [2.45, 2.75) is 32.0 Å². The lowest BCUT2D eigenvalue weighted by Gasteiger charge is -2.17. The zero-order valence-electron chi connectivity index (χ0n) is 13.0. The van der Waals surface area contributed by atoms with Crippen molar-refractivity contribution in [1.82, 2.24) is 14.7 Å². The minimum Gasteiger partial charge on any atom is -0.388 e. The fraction of sp³-hybridized carbons (Fsp3) is 0.278. The number of nitrogens with zero attached hydrogens (tertiary/aromatic N) is 2. The second kappa shape index (κ2) is 6.89. The average Bonchev–Trinajstić information content (AvgIpc) is 2.96. The molecule has 0 spiro atoms. The van der Waals surface area contributed by atoms with Gasteiger partial charge in [0.1, 0.15) is 11.5 Å². The van der Waals surface area contributed by atoms with E-state index in [-0.39, 0.29) is 11.9 Å². The highest BCUT2D eigenvalue weighted by Gasteiger charge is 2.13. The van der Waals surface area contributed by atoms with Gasteiger partial charge in [-0.2, -0.15) is 0 Å². The maximum Gasteiger partial charge on any atom is 0.137 e. The van der Waals surface area contributed by atoms with Gasteiger partial charge in [0.05, 0.1) is 11.8 Å². The fourth-order valence-electron chi connectivity index (χ4n) is 2.59. The zero-order valence-corrected chi connectivity index (χ0v) is 13.0. The molecule has 2 aromatic heterocycles. The highest BCUT2D eigenvalue weighted by atomic mass is 19.1. The van der Waals surface area contributed by atoms with Crippen LogP contribution in [-0.2, 0) is 6.54 Å². The number of benzene rings is 1. The van der Waals surface area contributed by atoms with Crippen LogP contribution < -0.4 is 5.32 Å². The van der Waals surface area contributed by atoms with E-state index in [0.29, 0.717) is 13.0 Å². The molecule has 0 radical (unpaired) electrons. The van der Waals surface area contributed by atoms with E-state index >= 15 is 0 Å². The molecule has 0 aliphatic heterocycles. The van der Waals surface area contributed by atoms with Crippen molar-refractivity contribution in [3.63, 3.8) is 0 Å². The molecular formula is C18H20FN3O. The van der Waals surface area contributed by atoms with Crippen LogP contribution >= 0.6 is 0 Å². The summed E-state index contributed by atoms with van der Waals surface area (Å²) in [5, 5.41) is 13.6. The number of rotatable bonds is 6. The molecule has 0 fully saturated rings. The summed E-state index contributed by atoms with van der Waals surface area (Å²) in [7, 11) is 0. The van der Waals surface area contributed by atoms with Gasteiger partial charge >= 0.3 is 0 Å². The summed E-state index contributed by atoms with van der Waals surface area (Å²) in [6.07, 6.45) is 3.90. The largest absolute Gasteiger partial charge is 0.388 e. The Kier molecular flexibility index (Phi) is 4.69. The van der Waals surface area contributed by atoms with E-state index in [2.05, 4.69) is 10.3 Å². The number of nitrogens with one attached hydrogen (secondary N) is 1. The second-order valence-electron chi connectivity index (χ2n) is 5.78. The van der Waals surface area contributed by atoms with Crippen LogP contribution in [0.15, 0.2) is 54.9 Å². The van der Waals surface area contributed by atoms with Gasteiger partial charge < -0.3 is 14.8 Å². The van der Waals surface area contributed by atoms with Crippen molar-refractivity contribution in [1.29, 1.82) is 0 Å². The standard InChI is InChI=1S/C18H20FN3O/c1-13(10-17(23)14-5-7-15(19)8-6-14)20-11-16-12-22-9-3-2-4-18(22)21-16/h2-9,12-13,17,20,23H,10-11H2,1H3/t13-,17-/m1/s1. The van der Waals surface area contributed by atoms with Crippen molar-refractivity contribution in [3.05, 3.63) is 71.9 Å². The molecule has 2 heterocycles. The summed E-state index contributed by atoms with van der Waals surface area (Å²) in [5.41, 5.74) is 2.61. The zero-order chi connectivity index (χ0) is 16.2. The number of aromatic nitrogens is 2. The molecule has 0 bridgehead atoms. The Hall–Kier alpha value is -2.24. The highest BCUT2D eigenvalue weighted by molar-refractivity contribution is 5.39. The molecule has 2 atom stereocenters. The van der Waals surface area contributed by atoms with Gasteiger partial charge in [0.25, 0.3) is 0 Å². The molecule has 0 aliphatic rings. The van der Waals surface area contributed by atoms with Crippen LogP contribution in [-0.4, -0.2) is 20.5 Å². The van der Waals surface area contributed by atoms with Crippen LogP contribution in [0.2, 0.25) is 0 Å². The minimum absolute atomic E-state index is 0.111. The fourth-order valence-corrected chi connectivity index (χ4v) is 2.59. The third-order valence-corrected chi connectivity index (χ3v) is 3.88. The topological polar surface area (TPSA) is 49.6 Å². The molecule has 2 N–H and O–H groups in total. The molecule has 23 heavy (non-hydrogen) atoms. The number of pyridine rings is 1. The van der Waals surface area contributed by atoms with Crippen LogP contribution in [0.1, 0.15) is 30.7 Å². The number of imidazole rings is 1. The first-order valence-corrected chi connectivity index (χ1v) is 7.71. The number of hydrogen-bond acceptors (Lipinski definition) is 3. The Morgan fingerprint density at radius 1 is 1.22 bits per heavy atom. The average molecular weight is 313 g/mol. The van der Waals surface area contributed by atoms with E-state index in [0.717, 1.165) is 16.9 Å². The highest BCUT2D eigenvalue weighted by Crippen LogP contribution is 2.18. The summed E-state index contributed by atoms with van der Waals surface area (Å²) >= 11 is 0. The number of halogens is 1. The Labute approximate surface area is 134 Å². The van der Waals surface area contributed by atoms with Crippen LogP contribution in [0, 0.1) is 5.82 Å². The van der Waals surface area contributed by atoms with Crippen molar-refractivity contribution in [2.75, 3.05) is 0 Å². The number of hydrogen-bond donors (Lipinski definition) is 2. The summed E-state index contributed by atoms with van der Waals surface area (Å²) < 4.78 is 14.9. The number of fused-ring (bicyclic) bond motifs is 1. The van der Waals surface area contributed by atoms with E-state index in [1.165, 1.54) is 12.1 Å². The molecule has 1 aromatic carbocycles. The van der Waals surface area contributed by atoms with E-state index in [9.17, 15) is 9.50 Å². The first-order valence-electron chi connectivity index (χ1n) is 7.71. The van der Waals surface area contributed by atoms with Crippen molar-refractivity contribution in [3.8, 4) is 0 Å². The SMILES string of the molecule is C[C@H](C[C@@H](O)c1ccc(F)cc1)NCc1cn2ccccc2n1. The van der Waals surface area contributed by atoms with Crippen LogP contribution in [0.5, 0.6) is 0 Å². The first kappa shape index (κ1) is 15.6. The van der Waals surface area contributed by atoms with Gasteiger partial charge in [0.15, 0.2) is 0 Å². The van der Waals surface area contributed by atoms with Crippen LogP contribution in [0.3, 0.4) is 0 Å². The summed E-state index contributed by atoms with van der Waals surface area (Å²) in [6, 6.07) is 12.0. The molecule has 4 nitrogen and oxygen atoms in total. The lowest BCUT2D eigenvalue weighted by Crippen LogP contribution is -2.27. The van der Waals surface area contributed by atoms with Crippen LogP contribution in [0.4, 0.5) is 4.39 Å². The van der Waals surface area contributed by atoms with Gasteiger partial charge in [-0.1, -0.05) is 18.2 Å². The second-order valence-corrected chi connectivity index (χ2v) is 5.78. The van der Waals surface area contributed by atoms with Crippen molar-refractivity contribution >= 4 is 5.65 Å². The van der Waals surface area contributed by atoms with Gasteiger partial charge in [-0.05, 0) is 43.2 Å². The van der Waals surface area contributed by atoms with Gasteiger partial charge in [0.2, 0.25) is 0 Å². The Bertz CT molecular complexity index is 736. The van der Waals surface area contributed by atoms with Crippen molar-refractivity contribution in [2.24, 2.45) is 0 Å². The number of aliphatic hydroxyl groups is 1. The smallest absolute Gasteiger partial charge is 0.137 e. The maximum atomic E-state index is 12.9. The Balaban J connectivity index is 1.54. The summed E-state index contributed by atoms with van der Waals surface area (Å²) in [4.78, 5) is 4.53. The van der Waals surface area contributed by atoms with E-state index in [1.807, 2.05) is 41.9 Å². The monoisotopic (exact) mass is 313 g/mol. The van der Waals surface area contributed by atoms with E-state index in [4.69, 9.17) is 0 Å². The third kappa shape index (κ3) is 3.94. The molecule has 0 amide bonds. The van der Waals surface area contributed by atoms with Crippen molar-refractivity contribution < 1.29 is 9.50 Å². The molecule has 3 rings (SSSR count). The molecular weight excluding hydrogens is 293 g/mol. The Morgan fingerprint density at radius 2 is 2.00 bits per heavy atom. The van der Waals surface area contributed by atoms with Gasteiger partial charge in [-0.25, -0.2) is 9.37 Å². The molecule has 0 aliphatic carbocycles. The van der Waals surface area contributed by atoms with Gasteiger partial charge in [-0.15, -0.1) is 0 Å². The quantitative estimate of drug-likeness (QED) is 0.735. The minimum atomic E-state index is -0.612. The number of aliphatic hydroxyl groups excluding tert-OH is 1. The van der Waals surface area contributed by atoms with Gasteiger partial charge in [-0.3, -0.25) is 0 Å². The molecule has 0 unspecified atom stereocenters. The molecule has 0 saturated carbocycles. The third-order valence-electron chi connectivity index (χ3n) is 3.88. The van der Waals surface area contributed by atoms with Crippen LogP contribution in [0.25, 0.3) is 5.65 Å². The lowest BCUT2D eigenvalue weighted by molar-refractivity contribution is 0.153. The van der Waals surface area contributed by atoms with E-state index < -0.39 is 6.10 Å². The predicted octanol–water partition coefficient (Wildman–Crippen LogP) is 3.08. The van der Waals surface area contributed by atoms with Gasteiger partial charge in [0, 0.05) is 25.0 Å². The molecule has 120 valence electrons. The summed E-state index contributed by atoms with van der Waals surface area (Å²) in [6.45, 7) is 2.65. The Morgan fingerprint density at radius 3 is 2.74 bits per heavy atom. The van der Waals surface area contributed by atoms with E-state index in [1.54, 1.807) is 12.1 Å². The predicted molar refractivity (Wildman–Crippen MR) is 87.5 cm³/mol. The molecule has 3 aromatic rings. The maximum absolute atomic E-state index is 12.9.